The average molecular weight is 188 g/mol. The maximum Gasteiger partial charge on any atom is 0.260 e. The van der Waals surface area contributed by atoms with Crippen LogP contribution in [0.15, 0.2) is 30.3 Å². The van der Waals surface area contributed by atoms with Gasteiger partial charge in [0.25, 0.3) is 11.0 Å². The van der Waals surface area contributed by atoms with Crippen molar-refractivity contribution in [3.05, 3.63) is 30.3 Å². The van der Waals surface area contributed by atoms with Gasteiger partial charge in [-0.1, -0.05) is 18.2 Å². The summed E-state index contributed by atoms with van der Waals surface area (Å²) in [5, 5.41) is 0. The first-order valence-corrected chi connectivity index (χ1v) is 4.34. The van der Waals surface area contributed by atoms with E-state index in [1.165, 1.54) is 0 Å². The van der Waals surface area contributed by atoms with Crippen molar-refractivity contribution >= 4 is 11.0 Å². The van der Waals surface area contributed by atoms with Gasteiger partial charge in [-0.3, -0.25) is 0 Å². The van der Waals surface area contributed by atoms with Crippen molar-refractivity contribution in [1.82, 2.24) is 0 Å². The number of hydrogen-bond donors (Lipinski definition) is 1. The summed E-state index contributed by atoms with van der Waals surface area (Å²) in [6.45, 7) is -0.275. The second-order valence-corrected chi connectivity index (χ2v) is 2.63. The van der Waals surface area contributed by atoms with Crippen LogP contribution in [0.3, 0.4) is 0 Å². The third-order valence-corrected chi connectivity index (χ3v) is 1.44. The zero-order chi connectivity index (χ0) is 8.81. The van der Waals surface area contributed by atoms with E-state index in [-0.39, 0.29) is 6.79 Å². The van der Waals surface area contributed by atoms with E-state index in [2.05, 4.69) is 4.18 Å². The van der Waals surface area contributed by atoms with Crippen molar-refractivity contribution < 1.29 is 17.3 Å². The summed E-state index contributed by atoms with van der Waals surface area (Å²) in [5.41, 5.74) is 0. The molecule has 0 amide bonds. The van der Waals surface area contributed by atoms with Gasteiger partial charge in [-0.15, -0.1) is 0 Å². The molecule has 0 heterocycles. The Morgan fingerprint density at radius 3 is 2.42 bits per heavy atom. The lowest BCUT2D eigenvalue weighted by atomic mass is 10.3. The highest BCUT2D eigenvalue weighted by Crippen LogP contribution is 2.07. The highest BCUT2D eigenvalue weighted by molar-refractivity contribution is 7.67. The molecule has 1 rings (SSSR count). The number of hydrogen-bond acceptors (Lipinski definition) is 4. The van der Waals surface area contributed by atoms with Crippen molar-refractivity contribution in [2.75, 3.05) is 6.79 Å². The van der Waals surface area contributed by atoms with E-state index in [4.69, 9.17) is 4.74 Å². The van der Waals surface area contributed by atoms with E-state index in [1.54, 1.807) is 24.3 Å². The molecule has 66 valence electrons. The van der Waals surface area contributed by atoms with Crippen LogP contribution in [0.25, 0.3) is 0 Å². The van der Waals surface area contributed by atoms with Crippen LogP contribution in [-0.4, -0.2) is 15.2 Å². The summed E-state index contributed by atoms with van der Waals surface area (Å²) in [7, 11) is -2.82. The molecule has 0 aliphatic carbocycles. The molecule has 0 saturated carbocycles. The highest BCUT2D eigenvalue weighted by Gasteiger charge is 1.90. The molecule has 0 atom stereocenters. The van der Waals surface area contributed by atoms with E-state index in [0.29, 0.717) is 5.75 Å². The van der Waals surface area contributed by atoms with Crippen molar-refractivity contribution in [1.29, 1.82) is 0 Å². The minimum absolute atomic E-state index is 0.275. The number of para-hydroxylation sites is 1. The van der Waals surface area contributed by atoms with E-state index < -0.39 is 11.0 Å². The Kier molecular flexibility index (Phi) is 3.56. The Morgan fingerprint density at radius 2 is 1.83 bits per heavy atom. The zero-order valence-electron chi connectivity index (χ0n) is 6.17. The largest absolute Gasteiger partial charge is 0.466 e. The molecule has 12 heavy (non-hydrogen) atoms. The minimum atomic E-state index is -2.82. The molecule has 0 fully saturated rings. The van der Waals surface area contributed by atoms with Gasteiger partial charge in [-0.05, 0) is 12.1 Å². The van der Waals surface area contributed by atoms with Crippen molar-refractivity contribution in [3.63, 3.8) is 0 Å². The molecule has 0 aromatic heterocycles. The molecule has 0 radical (unpaired) electrons. The molecule has 4 nitrogen and oxygen atoms in total. The van der Waals surface area contributed by atoms with Gasteiger partial charge in [0.15, 0.2) is 0 Å². The van der Waals surface area contributed by atoms with Crippen molar-refractivity contribution in [3.8, 4) is 5.75 Å². The van der Waals surface area contributed by atoms with Crippen molar-refractivity contribution in [2.45, 2.75) is 0 Å². The molecular formula is C7H8O4S. The zero-order valence-corrected chi connectivity index (χ0v) is 7.07. The van der Waals surface area contributed by atoms with Gasteiger partial charge in [-0.2, -0.15) is 0 Å². The third kappa shape index (κ3) is 3.36. The molecule has 0 N–H and O–H groups in total. The van der Waals surface area contributed by atoms with Gasteiger partial charge in [0, 0.05) is 0 Å². The van der Waals surface area contributed by atoms with Crippen LogP contribution in [0.2, 0.25) is 0 Å². The number of benzene rings is 1. The fraction of sp³-hybridized carbons (Fsp3) is 0.143. The van der Waals surface area contributed by atoms with Gasteiger partial charge in [-0.25, -0.2) is 12.6 Å². The van der Waals surface area contributed by atoms with Crippen LogP contribution >= 0.6 is 0 Å². The van der Waals surface area contributed by atoms with Crippen LogP contribution in [0.1, 0.15) is 0 Å². The smallest absolute Gasteiger partial charge is 0.260 e. The topological polar surface area (TPSA) is 52.6 Å². The first-order valence-electron chi connectivity index (χ1n) is 3.24. The SMILES string of the molecule is O=[SH](=O)OCOc1ccccc1. The number of rotatable bonds is 4. The Bertz CT molecular complexity index is 286. The predicted molar refractivity (Wildman–Crippen MR) is 43.3 cm³/mol. The molecule has 0 aliphatic heterocycles. The molecular weight excluding hydrogens is 180 g/mol. The van der Waals surface area contributed by atoms with Crippen LogP contribution in [0, 0.1) is 0 Å². The van der Waals surface area contributed by atoms with Crippen LogP contribution in [0.5, 0.6) is 5.75 Å². The fourth-order valence-corrected chi connectivity index (χ4v) is 0.793. The molecule has 5 heteroatoms. The lowest BCUT2D eigenvalue weighted by Crippen LogP contribution is -2.00. The van der Waals surface area contributed by atoms with E-state index in [0.717, 1.165) is 0 Å². The highest BCUT2D eigenvalue weighted by atomic mass is 32.2. The molecule has 0 unspecified atom stereocenters. The van der Waals surface area contributed by atoms with Gasteiger partial charge >= 0.3 is 0 Å². The van der Waals surface area contributed by atoms with Gasteiger partial charge < -0.3 is 4.74 Å². The molecule has 0 spiro atoms. The molecule has 1 aromatic carbocycles. The molecule has 0 aliphatic rings. The second-order valence-electron chi connectivity index (χ2n) is 1.93. The quantitative estimate of drug-likeness (QED) is 0.554. The van der Waals surface area contributed by atoms with E-state index in [1.807, 2.05) is 6.07 Å². The summed E-state index contributed by atoms with van der Waals surface area (Å²) in [6.07, 6.45) is 0. The summed E-state index contributed by atoms with van der Waals surface area (Å²) in [6, 6.07) is 8.82. The number of thiol groups is 1. The summed E-state index contributed by atoms with van der Waals surface area (Å²) in [4.78, 5) is 0. The van der Waals surface area contributed by atoms with E-state index in [9.17, 15) is 8.42 Å². The molecule has 0 saturated heterocycles. The second kappa shape index (κ2) is 4.74. The minimum Gasteiger partial charge on any atom is -0.466 e. The molecule has 0 bridgehead atoms. The van der Waals surface area contributed by atoms with Crippen LogP contribution in [0.4, 0.5) is 0 Å². The summed E-state index contributed by atoms with van der Waals surface area (Å²) in [5.74, 6) is 0.578. The standard InChI is InChI=1S/C7H8O4S/c8-12(9)11-6-10-7-4-2-1-3-5-7/h1-5,12H,6H2. The van der Waals surface area contributed by atoms with Crippen LogP contribution < -0.4 is 4.74 Å². The lowest BCUT2D eigenvalue weighted by molar-refractivity contribution is 0.131. The maximum atomic E-state index is 9.92. The van der Waals surface area contributed by atoms with Gasteiger partial charge in [0.05, 0.1) is 0 Å². The average Bonchev–Trinajstić information content (AvgIpc) is 2.05. The number of ether oxygens (including phenoxy) is 1. The fourth-order valence-electron chi connectivity index (χ4n) is 0.654. The Labute approximate surface area is 71.9 Å². The Hall–Kier alpha value is -1.07. The summed E-state index contributed by atoms with van der Waals surface area (Å²) < 4.78 is 28.9. The Morgan fingerprint density at radius 1 is 1.17 bits per heavy atom. The molecule has 1 aromatic rings. The maximum absolute atomic E-state index is 9.92. The monoisotopic (exact) mass is 188 g/mol. The van der Waals surface area contributed by atoms with Gasteiger partial charge in [0.1, 0.15) is 5.75 Å². The lowest BCUT2D eigenvalue weighted by Gasteiger charge is -2.01. The normalized spacial score (nSPS) is 10.1. The van der Waals surface area contributed by atoms with Crippen molar-refractivity contribution in [2.24, 2.45) is 0 Å². The third-order valence-electron chi connectivity index (χ3n) is 1.13. The van der Waals surface area contributed by atoms with E-state index >= 15 is 0 Å². The predicted octanol–water partition coefficient (Wildman–Crippen LogP) is 0.566. The van der Waals surface area contributed by atoms with Crippen LogP contribution in [-0.2, 0) is 15.2 Å². The summed E-state index contributed by atoms with van der Waals surface area (Å²) >= 11 is 0. The first kappa shape index (κ1) is 9.02. The Balaban J connectivity index is 2.34. The van der Waals surface area contributed by atoms with Gasteiger partial charge in [0.2, 0.25) is 6.79 Å². The first-order chi connectivity index (χ1) is 5.79.